The van der Waals surface area contributed by atoms with Crippen LogP contribution in [0.2, 0.25) is 0 Å². The van der Waals surface area contributed by atoms with E-state index in [0.717, 1.165) is 44.3 Å². The van der Waals surface area contributed by atoms with Crippen molar-refractivity contribution in [1.82, 2.24) is 15.1 Å². The van der Waals surface area contributed by atoms with E-state index in [2.05, 4.69) is 27.2 Å². The highest BCUT2D eigenvalue weighted by Gasteiger charge is 2.33. The summed E-state index contributed by atoms with van der Waals surface area (Å²) in [6.07, 6.45) is 0.777. The van der Waals surface area contributed by atoms with Crippen LogP contribution >= 0.6 is 12.2 Å². The zero-order valence-electron chi connectivity index (χ0n) is 13.1. The van der Waals surface area contributed by atoms with Crippen LogP contribution in [0.15, 0.2) is 30.3 Å². The molecule has 0 aliphatic carbocycles. The van der Waals surface area contributed by atoms with Crippen LogP contribution in [0.1, 0.15) is 12.0 Å². The molecule has 0 amide bonds. The van der Waals surface area contributed by atoms with Gasteiger partial charge in [-0.2, -0.15) is 0 Å². The Morgan fingerprint density at radius 1 is 1.17 bits per heavy atom. The summed E-state index contributed by atoms with van der Waals surface area (Å²) in [7, 11) is -2.81. The maximum absolute atomic E-state index is 11.6. The minimum absolute atomic E-state index is 0.202. The van der Waals surface area contributed by atoms with Gasteiger partial charge in [-0.1, -0.05) is 30.3 Å². The smallest absolute Gasteiger partial charge is 0.169 e. The van der Waals surface area contributed by atoms with E-state index in [-0.39, 0.29) is 6.04 Å². The maximum Gasteiger partial charge on any atom is 0.169 e. The van der Waals surface area contributed by atoms with Crippen molar-refractivity contribution in [2.75, 3.05) is 37.7 Å². The normalized spacial score (nSPS) is 24.5. The summed E-state index contributed by atoms with van der Waals surface area (Å²) in [6, 6.07) is 10.4. The van der Waals surface area contributed by atoms with Gasteiger partial charge in [0, 0.05) is 38.8 Å². The first kappa shape index (κ1) is 16.7. The van der Waals surface area contributed by atoms with E-state index < -0.39 is 9.84 Å². The number of nitrogens with zero attached hydrogens (tertiary/aromatic N) is 2. The summed E-state index contributed by atoms with van der Waals surface area (Å²) in [5.41, 5.74) is 1.21. The number of nitrogens with one attached hydrogen (secondary N) is 1. The van der Waals surface area contributed by atoms with E-state index in [1.165, 1.54) is 5.56 Å². The van der Waals surface area contributed by atoms with Gasteiger partial charge in [0.15, 0.2) is 14.9 Å². The van der Waals surface area contributed by atoms with Gasteiger partial charge < -0.3 is 10.2 Å². The molecule has 2 aliphatic rings. The van der Waals surface area contributed by atoms with Gasteiger partial charge in [-0.15, -0.1) is 0 Å². The van der Waals surface area contributed by atoms with Crippen molar-refractivity contribution in [2.45, 2.75) is 19.0 Å². The third kappa shape index (κ3) is 4.43. The molecule has 1 aromatic carbocycles. The molecule has 2 fully saturated rings. The van der Waals surface area contributed by atoms with Crippen molar-refractivity contribution < 1.29 is 8.42 Å². The molecule has 0 aromatic heterocycles. The number of piperazine rings is 1. The number of hydrogen-bond donors (Lipinski definition) is 1. The minimum Gasteiger partial charge on any atom is -0.358 e. The Labute approximate surface area is 143 Å². The standard InChI is InChI=1S/C16H23N3O2S2/c20-23(21)11-6-15(13-23)18-7-9-19(10-8-18)16(22)17-12-14-4-2-1-3-5-14/h1-5,15H,6-13H2,(H,17,22)/t15-/m1/s1. The molecule has 1 N–H and O–H groups in total. The quantitative estimate of drug-likeness (QED) is 0.814. The predicted octanol–water partition coefficient (Wildman–Crippen LogP) is 0.866. The Bertz CT molecular complexity index is 641. The van der Waals surface area contributed by atoms with Gasteiger partial charge in [-0.3, -0.25) is 4.90 Å². The van der Waals surface area contributed by atoms with Crippen molar-refractivity contribution in [3.8, 4) is 0 Å². The second-order valence-electron chi connectivity index (χ2n) is 6.22. The van der Waals surface area contributed by atoms with Crippen LogP contribution in [0, 0.1) is 0 Å². The number of benzene rings is 1. The lowest BCUT2D eigenvalue weighted by atomic mass is 10.2. The summed E-state index contributed by atoms with van der Waals surface area (Å²) in [4.78, 5) is 4.49. The molecular weight excluding hydrogens is 330 g/mol. The van der Waals surface area contributed by atoms with Gasteiger partial charge >= 0.3 is 0 Å². The molecule has 0 radical (unpaired) electrons. The molecule has 0 bridgehead atoms. The first-order valence-corrected chi connectivity index (χ1v) is 10.3. The highest BCUT2D eigenvalue weighted by Crippen LogP contribution is 2.19. The summed E-state index contributed by atoms with van der Waals surface area (Å²) in [5, 5.41) is 4.09. The van der Waals surface area contributed by atoms with Crippen LogP contribution in [0.3, 0.4) is 0 Å². The first-order valence-electron chi connectivity index (χ1n) is 8.05. The third-order valence-electron chi connectivity index (χ3n) is 4.61. The molecule has 2 saturated heterocycles. The number of rotatable bonds is 3. The van der Waals surface area contributed by atoms with E-state index in [9.17, 15) is 8.42 Å². The minimum atomic E-state index is -2.81. The Hall–Kier alpha value is -1.18. The third-order valence-corrected chi connectivity index (χ3v) is 6.77. The highest BCUT2D eigenvalue weighted by molar-refractivity contribution is 7.91. The molecule has 1 atom stereocenters. The van der Waals surface area contributed by atoms with Crippen LogP contribution in [-0.2, 0) is 16.4 Å². The molecule has 3 rings (SSSR count). The Morgan fingerprint density at radius 2 is 1.87 bits per heavy atom. The van der Waals surface area contributed by atoms with Gasteiger partial charge in [0.05, 0.1) is 11.5 Å². The summed E-state index contributed by atoms with van der Waals surface area (Å²) < 4.78 is 23.2. The van der Waals surface area contributed by atoms with Crippen LogP contribution in [0.25, 0.3) is 0 Å². The molecule has 5 nitrogen and oxygen atoms in total. The van der Waals surface area contributed by atoms with Gasteiger partial charge in [0.2, 0.25) is 0 Å². The van der Waals surface area contributed by atoms with Crippen molar-refractivity contribution in [2.24, 2.45) is 0 Å². The Kier molecular flexibility index (Phi) is 5.18. The van der Waals surface area contributed by atoms with Crippen LogP contribution in [-0.4, -0.2) is 67.1 Å². The Balaban J connectivity index is 1.44. The van der Waals surface area contributed by atoms with E-state index in [0.29, 0.717) is 11.5 Å². The van der Waals surface area contributed by atoms with E-state index in [1.807, 2.05) is 18.2 Å². The molecule has 2 aliphatic heterocycles. The van der Waals surface area contributed by atoms with Crippen molar-refractivity contribution in [3.05, 3.63) is 35.9 Å². The van der Waals surface area contributed by atoms with Crippen molar-refractivity contribution >= 4 is 27.2 Å². The molecular formula is C16H23N3O2S2. The van der Waals surface area contributed by atoms with Gasteiger partial charge in [0.1, 0.15) is 0 Å². The average molecular weight is 354 g/mol. The van der Waals surface area contributed by atoms with E-state index in [4.69, 9.17) is 12.2 Å². The van der Waals surface area contributed by atoms with Crippen LogP contribution in [0.4, 0.5) is 0 Å². The number of sulfone groups is 1. The molecule has 7 heteroatoms. The van der Waals surface area contributed by atoms with Gasteiger partial charge in [0.25, 0.3) is 0 Å². The number of hydrogen-bond acceptors (Lipinski definition) is 4. The second-order valence-corrected chi connectivity index (χ2v) is 8.84. The Morgan fingerprint density at radius 3 is 2.48 bits per heavy atom. The van der Waals surface area contributed by atoms with Crippen molar-refractivity contribution in [3.63, 3.8) is 0 Å². The molecule has 1 aromatic rings. The predicted molar refractivity (Wildman–Crippen MR) is 96.1 cm³/mol. The first-order chi connectivity index (χ1) is 11.0. The summed E-state index contributed by atoms with van der Waals surface area (Å²) in [6.45, 7) is 4.22. The zero-order chi connectivity index (χ0) is 16.3. The van der Waals surface area contributed by atoms with Crippen LogP contribution < -0.4 is 5.32 Å². The molecule has 2 heterocycles. The lowest BCUT2D eigenvalue weighted by Crippen LogP contribution is -2.54. The molecule has 0 saturated carbocycles. The van der Waals surface area contributed by atoms with E-state index >= 15 is 0 Å². The fourth-order valence-electron chi connectivity index (χ4n) is 3.24. The average Bonchev–Trinajstić information content (AvgIpc) is 2.94. The molecule has 23 heavy (non-hydrogen) atoms. The van der Waals surface area contributed by atoms with Gasteiger partial charge in [-0.25, -0.2) is 8.42 Å². The zero-order valence-corrected chi connectivity index (χ0v) is 14.8. The topological polar surface area (TPSA) is 52.7 Å². The second kappa shape index (κ2) is 7.15. The molecule has 0 unspecified atom stereocenters. The van der Waals surface area contributed by atoms with E-state index in [1.54, 1.807) is 0 Å². The molecule has 0 spiro atoms. The van der Waals surface area contributed by atoms with Crippen molar-refractivity contribution in [1.29, 1.82) is 0 Å². The lowest BCUT2D eigenvalue weighted by molar-refractivity contribution is 0.142. The lowest BCUT2D eigenvalue weighted by Gasteiger charge is -2.38. The molecule has 126 valence electrons. The number of thiocarbonyl (C=S) groups is 1. The SMILES string of the molecule is O=S1(=O)CC[C@@H](N2CCN(C(=S)NCc3ccccc3)CC2)C1. The largest absolute Gasteiger partial charge is 0.358 e. The maximum atomic E-state index is 11.6. The van der Waals surface area contributed by atoms with Crippen LogP contribution in [0.5, 0.6) is 0 Å². The fourth-order valence-corrected chi connectivity index (χ4v) is 5.26. The fraction of sp³-hybridized carbons (Fsp3) is 0.562. The highest BCUT2D eigenvalue weighted by atomic mass is 32.2. The summed E-state index contributed by atoms with van der Waals surface area (Å²) in [5.74, 6) is 0.665. The summed E-state index contributed by atoms with van der Waals surface area (Å²) >= 11 is 5.48. The van der Waals surface area contributed by atoms with Gasteiger partial charge in [-0.05, 0) is 24.2 Å². The monoisotopic (exact) mass is 353 g/mol.